The van der Waals surface area contributed by atoms with Gasteiger partial charge in [-0.05, 0) is 12.5 Å². The number of methoxy groups -OCH3 is 1. The number of hydrogen-bond acceptors (Lipinski definition) is 4. The average Bonchev–Trinajstić information content (AvgIpc) is 2.56. The standard InChI is InChI=1S/C10H17NO4/c1-7(2)6-15-10(13)11-4-8(12)9(5-11)14-3/h8-9,12H,1,4-6H2,2-3H3/t8-,9?/m0/s1. The molecule has 5 nitrogen and oxygen atoms in total. The van der Waals surface area contributed by atoms with E-state index in [2.05, 4.69) is 6.58 Å². The molecule has 1 saturated heterocycles. The van der Waals surface area contributed by atoms with Gasteiger partial charge in [0.05, 0.1) is 19.2 Å². The number of ether oxygens (including phenoxy) is 2. The molecule has 5 heteroatoms. The summed E-state index contributed by atoms with van der Waals surface area (Å²) < 4.78 is 9.96. The second-order valence-corrected chi connectivity index (χ2v) is 3.76. The minimum atomic E-state index is -0.632. The monoisotopic (exact) mass is 215 g/mol. The van der Waals surface area contributed by atoms with Gasteiger partial charge >= 0.3 is 6.09 Å². The first-order valence-electron chi connectivity index (χ1n) is 4.81. The molecule has 0 bridgehead atoms. The van der Waals surface area contributed by atoms with E-state index in [0.29, 0.717) is 6.54 Å². The molecule has 0 aliphatic carbocycles. The van der Waals surface area contributed by atoms with Gasteiger partial charge in [0.2, 0.25) is 0 Å². The largest absolute Gasteiger partial charge is 0.445 e. The van der Waals surface area contributed by atoms with Gasteiger partial charge in [0.25, 0.3) is 0 Å². The first kappa shape index (κ1) is 12.0. The van der Waals surface area contributed by atoms with Crippen LogP contribution in [0.1, 0.15) is 6.92 Å². The normalized spacial score (nSPS) is 25.4. The second-order valence-electron chi connectivity index (χ2n) is 3.76. The third kappa shape index (κ3) is 3.21. The molecule has 1 unspecified atom stereocenters. The molecule has 1 heterocycles. The maximum atomic E-state index is 11.5. The molecule has 15 heavy (non-hydrogen) atoms. The zero-order chi connectivity index (χ0) is 11.4. The molecular formula is C10H17NO4. The van der Waals surface area contributed by atoms with E-state index in [-0.39, 0.29) is 19.3 Å². The van der Waals surface area contributed by atoms with Gasteiger partial charge in [-0.1, -0.05) is 6.58 Å². The van der Waals surface area contributed by atoms with Crippen LogP contribution >= 0.6 is 0 Å². The Morgan fingerprint density at radius 2 is 2.27 bits per heavy atom. The van der Waals surface area contributed by atoms with E-state index in [0.717, 1.165) is 5.57 Å². The Balaban J connectivity index is 2.39. The van der Waals surface area contributed by atoms with Gasteiger partial charge in [-0.3, -0.25) is 0 Å². The second kappa shape index (κ2) is 5.14. The van der Waals surface area contributed by atoms with Crippen molar-refractivity contribution in [2.24, 2.45) is 0 Å². The molecule has 1 aliphatic rings. The van der Waals surface area contributed by atoms with Crippen LogP contribution in [0.4, 0.5) is 4.79 Å². The molecule has 1 fully saturated rings. The van der Waals surface area contributed by atoms with Crippen LogP contribution in [0.25, 0.3) is 0 Å². The summed E-state index contributed by atoms with van der Waals surface area (Å²) in [4.78, 5) is 12.9. The van der Waals surface area contributed by atoms with E-state index in [4.69, 9.17) is 9.47 Å². The van der Waals surface area contributed by atoms with Crippen molar-refractivity contribution in [2.45, 2.75) is 19.1 Å². The number of nitrogens with zero attached hydrogens (tertiary/aromatic N) is 1. The van der Waals surface area contributed by atoms with Crippen molar-refractivity contribution in [1.29, 1.82) is 0 Å². The van der Waals surface area contributed by atoms with Crippen molar-refractivity contribution in [3.63, 3.8) is 0 Å². The van der Waals surface area contributed by atoms with Crippen molar-refractivity contribution >= 4 is 6.09 Å². The first-order chi connectivity index (χ1) is 7.04. The van der Waals surface area contributed by atoms with Crippen molar-refractivity contribution in [3.8, 4) is 0 Å². The third-order valence-electron chi connectivity index (χ3n) is 2.24. The van der Waals surface area contributed by atoms with Crippen LogP contribution < -0.4 is 0 Å². The topological polar surface area (TPSA) is 59.0 Å². The smallest absolute Gasteiger partial charge is 0.410 e. The highest BCUT2D eigenvalue weighted by Crippen LogP contribution is 2.13. The lowest BCUT2D eigenvalue weighted by Gasteiger charge is -2.15. The first-order valence-corrected chi connectivity index (χ1v) is 4.81. The molecule has 1 aliphatic heterocycles. The number of likely N-dealkylation sites (tertiary alicyclic amines) is 1. The number of aliphatic hydroxyl groups is 1. The van der Waals surface area contributed by atoms with Gasteiger partial charge in [-0.15, -0.1) is 0 Å². The minimum Gasteiger partial charge on any atom is -0.445 e. The van der Waals surface area contributed by atoms with Gasteiger partial charge in [-0.2, -0.15) is 0 Å². The van der Waals surface area contributed by atoms with Crippen molar-refractivity contribution in [3.05, 3.63) is 12.2 Å². The highest BCUT2D eigenvalue weighted by molar-refractivity contribution is 5.68. The SMILES string of the molecule is C=C(C)COC(=O)N1CC(OC)[C@@H](O)C1. The molecule has 0 aromatic rings. The predicted octanol–water partition coefficient (Wildman–Crippen LogP) is 0.391. The summed E-state index contributed by atoms with van der Waals surface area (Å²) in [6.45, 7) is 6.25. The Hall–Kier alpha value is -1.07. The number of hydrogen-bond donors (Lipinski definition) is 1. The molecule has 0 saturated carbocycles. The van der Waals surface area contributed by atoms with Crippen LogP contribution in [0, 0.1) is 0 Å². The summed E-state index contributed by atoms with van der Waals surface area (Å²) in [6, 6.07) is 0. The lowest BCUT2D eigenvalue weighted by atomic mass is 10.3. The predicted molar refractivity (Wildman–Crippen MR) is 54.5 cm³/mol. The molecule has 1 N–H and O–H groups in total. The van der Waals surface area contributed by atoms with Gasteiger partial charge in [0.1, 0.15) is 12.7 Å². The number of aliphatic hydroxyl groups excluding tert-OH is 1. The van der Waals surface area contributed by atoms with E-state index in [1.165, 1.54) is 12.0 Å². The number of rotatable bonds is 3. The highest BCUT2D eigenvalue weighted by atomic mass is 16.6. The van der Waals surface area contributed by atoms with Crippen LogP contribution in [-0.2, 0) is 9.47 Å². The Bertz CT molecular complexity index is 254. The van der Waals surface area contributed by atoms with E-state index >= 15 is 0 Å². The summed E-state index contributed by atoms with van der Waals surface area (Å²) >= 11 is 0. The lowest BCUT2D eigenvalue weighted by molar-refractivity contribution is 0.0214. The summed E-state index contributed by atoms with van der Waals surface area (Å²) in [5.74, 6) is 0. The molecule has 0 radical (unpaired) electrons. The maximum Gasteiger partial charge on any atom is 0.410 e. The summed E-state index contributed by atoms with van der Waals surface area (Å²) in [7, 11) is 1.51. The quantitative estimate of drug-likeness (QED) is 0.692. The van der Waals surface area contributed by atoms with Crippen molar-refractivity contribution < 1.29 is 19.4 Å². The summed E-state index contributed by atoms with van der Waals surface area (Å²) in [5.41, 5.74) is 0.784. The summed E-state index contributed by atoms with van der Waals surface area (Å²) in [5, 5.41) is 9.49. The third-order valence-corrected chi connectivity index (χ3v) is 2.24. The van der Waals surface area contributed by atoms with E-state index in [1.807, 2.05) is 0 Å². The molecule has 0 aromatic carbocycles. The number of amides is 1. The van der Waals surface area contributed by atoms with Gasteiger partial charge in [-0.25, -0.2) is 4.79 Å². The Kier molecular flexibility index (Phi) is 4.11. The van der Waals surface area contributed by atoms with Gasteiger partial charge in [0, 0.05) is 7.11 Å². The van der Waals surface area contributed by atoms with Gasteiger partial charge < -0.3 is 19.5 Å². The summed E-state index contributed by atoms with van der Waals surface area (Å²) in [6.07, 6.45) is -1.38. The Morgan fingerprint density at radius 1 is 1.60 bits per heavy atom. The van der Waals surface area contributed by atoms with E-state index < -0.39 is 12.2 Å². The van der Waals surface area contributed by atoms with Crippen LogP contribution in [0.3, 0.4) is 0 Å². The molecule has 1 rings (SSSR count). The number of carbonyl (C=O) groups is 1. The molecule has 2 atom stereocenters. The Morgan fingerprint density at radius 3 is 2.73 bits per heavy atom. The lowest BCUT2D eigenvalue weighted by Crippen LogP contribution is -2.30. The molecule has 0 aromatic heterocycles. The Labute approximate surface area is 89.3 Å². The minimum absolute atomic E-state index is 0.211. The molecular weight excluding hydrogens is 198 g/mol. The maximum absolute atomic E-state index is 11.5. The van der Waals surface area contributed by atoms with Crippen LogP contribution in [0.5, 0.6) is 0 Å². The van der Waals surface area contributed by atoms with Crippen molar-refractivity contribution in [2.75, 3.05) is 26.8 Å². The fourth-order valence-corrected chi connectivity index (χ4v) is 1.41. The molecule has 86 valence electrons. The number of β-amino-alcohol motifs (C(OH)–C–C–N with tert-alkyl or cyclic N) is 1. The van der Waals surface area contributed by atoms with E-state index in [9.17, 15) is 9.90 Å². The van der Waals surface area contributed by atoms with Crippen molar-refractivity contribution in [1.82, 2.24) is 4.90 Å². The van der Waals surface area contributed by atoms with Crippen LogP contribution in [-0.4, -0.2) is 55.1 Å². The van der Waals surface area contributed by atoms with Gasteiger partial charge in [0.15, 0.2) is 0 Å². The average molecular weight is 215 g/mol. The molecule has 1 amide bonds. The fourth-order valence-electron chi connectivity index (χ4n) is 1.41. The number of carbonyl (C=O) groups excluding carboxylic acids is 1. The van der Waals surface area contributed by atoms with Crippen LogP contribution in [0.15, 0.2) is 12.2 Å². The fraction of sp³-hybridized carbons (Fsp3) is 0.700. The van der Waals surface area contributed by atoms with Crippen LogP contribution in [0.2, 0.25) is 0 Å². The highest BCUT2D eigenvalue weighted by Gasteiger charge is 2.34. The molecule has 0 spiro atoms. The zero-order valence-corrected chi connectivity index (χ0v) is 9.10. The zero-order valence-electron chi connectivity index (χ0n) is 9.10. The van der Waals surface area contributed by atoms with E-state index in [1.54, 1.807) is 6.92 Å².